The van der Waals surface area contributed by atoms with Crippen molar-refractivity contribution in [1.82, 2.24) is 24.9 Å². The molecule has 2 heterocycles. The number of aliphatic carboxylic acids is 1. The fraction of sp³-hybridized carbons (Fsp3) is 0.429. The summed E-state index contributed by atoms with van der Waals surface area (Å²) in [5.74, 6) is -1.15. The minimum absolute atomic E-state index is 0.0337. The van der Waals surface area contributed by atoms with Crippen LogP contribution in [0.3, 0.4) is 0 Å². The molecule has 0 aromatic carbocycles. The van der Waals surface area contributed by atoms with Gasteiger partial charge in [0.25, 0.3) is 5.91 Å². The molecule has 1 atom stereocenters. The number of aryl methyl sites for hydroxylation is 3. The van der Waals surface area contributed by atoms with Gasteiger partial charge in [-0.1, -0.05) is 0 Å². The lowest BCUT2D eigenvalue weighted by molar-refractivity contribution is -0.137. The van der Waals surface area contributed by atoms with E-state index in [2.05, 4.69) is 15.5 Å². The Morgan fingerprint density at radius 3 is 2.73 bits per heavy atom. The van der Waals surface area contributed by atoms with Crippen molar-refractivity contribution in [3.63, 3.8) is 0 Å². The zero-order valence-electron chi connectivity index (χ0n) is 12.8. The molecule has 1 amide bonds. The van der Waals surface area contributed by atoms with Gasteiger partial charge in [0.05, 0.1) is 36.5 Å². The Bertz CT molecular complexity index is 688. The summed E-state index contributed by atoms with van der Waals surface area (Å²) in [6.45, 7) is 4.01. The highest BCUT2D eigenvalue weighted by Crippen LogP contribution is 2.16. The van der Waals surface area contributed by atoms with Gasteiger partial charge in [0.2, 0.25) is 0 Å². The monoisotopic (exact) mass is 305 g/mol. The molecule has 8 nitrogen and oxygen atoms in total. The van der Waals surface area contributed by atoms with Crippen molar-refractivity contribution in [2.45, 2.75) is 32.9 Å². The number of carboxylic acid groups (broad SMARTS) is 1. The Hall–Kier alpha value is -2.64. The van der Waals surface area contributed by atoms with Crippen LogP contribution in [0.25, 0.3) is 0 Å². The van der Waals surface area contributed by atoms with E-state index in [1.165, 1.54) is 10.9 Å². The fourth-order valence-electron chi connectivity index (χ4n) is 2.21. The first-order valence-corrected chi connectivity index (χ1v) is 6.92. The molecule has 0 spiro atoms. The average molecular weight is 305 g/mol. The standard InChI is InChI=1S/C14H19N5O3/c1-9(12-8-18(3)17-10(12)2)16-14(22)11-6-15-19(7-11)5-4-13(20)21/h6-9H,4-5H2,1-3H3,(H,16,22)(H,20,21). The van der Waals surface area contributed by atoms with Gasteiger partial charge < -0.3 is 10.4 Å². The van der Waals surface area contributed by atoms with E-state index in [0.29, 0.717) is 5.56 Å². The average Bonchev–Trinajstić information content (AvgIpc) is 3.02. The molecule has 0 aliphatic carbocycles. The van der Waals surface area contributed by atoms with Crippen molar-refractivity contribution in [3.8, 4) is 0 Å². The molecule has 0 saturated carbocycles. The molecule has 2 aromatic heterocycles. The lowest BCUT2D eigenvalue weighted by atomic mass is 10.1. The van der Waals surface area contributed by atoms with Crippen molar-refractivity contribution < 1.29 is 14.7 Å². The molecular weight excluding hydrogens is 286 g/mol. The highest BCUT2D eigenvalue weighted by molar-refractivity contribution is 5.93. The first-order chi connectivity index (χ1) is 10.4. The van der Waals surface area contributed by atoms with Crippen LogP contribution < -0.4 is 5.32 Å². The van der Waals surface area contributed by atoms with Crippen LogP contribution in [0.5, 0.6) is 0 Å². The Morgan fingerprint density at radius 1 is 1.41 bits per heavy atom. The van der Waals surface area contributed by atoms with E-state index in [4.69, 9.17) is 5.11 Å². The number of aromatic nitrogens is 4. The van der Waals surface area contributed by atoms with Crippen molar-refractivity contribution in [2.75, 3.05) is 0 Å². The fourth-order valence-corrected chi connectivity index (χ4v) is 2.21. The van der Waals surface area contributed by atoms with Crippen molar-refractivity contribution in [2.24, 2.45) is 7.05 Å². The zero-order chi connectivity index (χ0) is 16.3. The summed E-state index contributed by atoms with van der Waals surface area (Å²) in [6.07, 6.45) is 4.81. The highest BCUT2D eigenvalue weighted by Gasteiger charge is 2.16. The molecule has 8 heteroatoms. The summed E-state index contributed by atoms with van der Waals surface area (Å²) in [4.78, 5) is 22.7. The van der Waals surface area contributed by atoms with Gasteiger partial charge in [-0.25, -0.2) is 0 Å². The smallest absolute Gasteiger partial charge is 0.305 e. The van der Waals surface area contributed by atoms with Gasteiger partial charge >= 0.3 is 5.97 Å². The van der Waals surface area contributed by atoms with Crippen LogP contribution in [-0.4, -0.2) is 36.5 Å². The zero-order valence-corrected chi connectivity index (χ0v) is 12.8. The Balaban J connectivity index is 2.00. The summed E-state index contributed by atoms with van der Waals surface area (Å²) in [5.41, 5.74) is 2.22. The molecule has 0 bridgehead atoms. The van der Waals surface area contributed by atoms with E-state index in [-0.39, 0.29) is 24.9 Å². The normalized spacial score (nSPS) is 12.1. The van der Waals surface area contributed by atoms with Crippen molar-refractivity contribution >= 4 is 11.9 Å². The van der Waals surface area contributed by atoms with Crippen LogP contribution in [0.4, 0.5) is 0 Å². The lowest BCUT2D eigenvalue weighted by Crippen LogP contribution is -2.26. The predicted octanol–water partition coefficient (Wildman–Crippen LogP) is 0.891. The Labute approximate surface area is 127 Å². The van der Waals surface area contributed by atoms with Crippen LogP contribution >= 0.6 is 0 Å². The van der Waals surface area contributed by atoms with Gasteiger partial charge in [-0.2, -0.15) is 10.2 Å². The second-order valence-corrected chi connectivity index (χ2v) is 5.17. The highest BCUT2D eigenvalue weighted by atomic mass is 16.4. The van der Waals surface area contributed by atoms with E-state index >= 15 is 0 Å². The summed E-state index contributed by atoms with van der Waals surface area (Å²) in [5, 5.41) is 19.8. The number of nitrogens with one attached hydrogen (secondary N) is 1. The van der Waals surface area contributed by atoms with Crippen LogP contribution in [0, 0.1) is 6.92 Å². The minimum Gasteiger partial charge on any atom is -0.481 e. The molecule has 2 rings (SSSR count). The van der Waals surface area contributed by atoms with E-state index in [9.17, 15) is 9.59 Å². The summed E-state index contributed by atoms with van der Waals surface area (Å²) in [7, 11) is 1.83. The molecule has 1 unspecified atom stereocenters. The van der Waals surface area contributed by atoms with Crippen LogP contribution in [-0.2, 0) is 18.4 Å². The Morgan fingerprint density at radius 2 is 2.14 bits per heavy atom. The van der Waals surface area contributed by atoms with Crippen LogP contribution in [0.15, 0.2) is 18.6 Å². The number of carboxylic acids is 1. The van der Waals surface area contributed by atoms with E-state index in [1.807, 2.05) is 27.1 Å². The topological polar surface area (TPSA) is 102 Å². The summed E-state index contributed by atoms with van der Waals surface area (Å²) < 4.78 is 3.15. The maximum atomic E-state index is 12.2. The number of rotatable bonds is 6. The largest absolute Gasteiger partial charge is 0.481 e. The van der Waals surface area contributed by atoms with E-state index in [0.717, 1.165) is 11.3 Å². The number of nitrogens with zero attached hydrogens (tertiary/aromatic N) is 4. The second-order valence-electron chi connectivity index (χ2n) is 5.17. The number of amides is 1. The van der Waals surface area contributed by atoms with Gasteiger partial charge in [0.15, 0.2) is 0 Å². The third-order valence-electron chi connectivity index (χ3n) is 3.32. The number of carbonyl (C=O) groups is 2. The van der Waals surface area contributed by atoms with Gasteiger partial charge in [0.1, 0.15) is 0 Å². The van der Waals surface area contributed by atoms with E-state index in [1.54, 1.807) is 10.9 Å². The molecule has 118 valence electrons. The van der Waals surface area contributed by atoms with Gasteiger partial charge in [-0.15, -0.1) is 0 Å². The van der Waals surface area contributed by atoms with Crippen molar-refractivity contribution in [3.05, 3.63) is 35.4 Å². The predicted molar refractivity (Wildman–Crippen MR) is 78.3 cm³/mol. The number of hydrogen-bond donors (Lipinski definition) is 2. The number of hydrogen-bond acceptors (Lipinski definition) is 4. The molecule has 0 fully saturated rings. The summed E-state index contributed by atoms with van der Waals surface area (Å²) in [6, 6.07) is -0.177. The van der Waals surface area contributed by atoms with Crippen LogP contribution in [0.1, 0.15) is 41.0 Å². The van der Waals surface area contributed by atoms with Crippen molar-refractivity contribution in [1.29, 1.82) is 0 Å². The van der Waals surface area contributed by atoms with Gasteiger partial charge in [-0.3, -0.25) is 19.0 Å². The molecule has 0 radical (unpaired) electrons. The third kappa shape index (κ3) is 3.72. The molecular formula is C14H19N5O3. The molecule has 0 aliphatic heterocycles. The SMILES string of the molecule is Cc1nn(C)cc1C(C)NC(=O)c1cnn(CCC(=O)O)c1. The molecule has 2 N–H and O–H groups in total. The summed E-state index contributed by atoms with van der Waals surface area (Å²) >= 11 is 0. The first-order valence-electron chi connectivity index (χ1n) is 6.92. The quantitative estimate of drug-likeness (QED) is 0.825. The van der Waals surface area contributed by atoms with Crippen LogP contribution in [0.2, 0.25) is 0 Å². The first kappa shape index (κ1) is 15.7. The lowest BCUT2D eigenvalue weighted by Gasteiger charge is -2.12. The van der Waals surface area contributed by atoms with Gasteiger partial charge in [0, 0.05) is 25.0 Å². The third-order valence-corrected chi connectivity index (χ3v) is 3.32. The molecule has 22 heavy (non-hydrogen) atoms. The van der Waals surface area contributed by atoms with Gasteiger partial charge in [-0.05, 0) is 13.8 Å². The second kappa shape index (κ2) is 6.42. The maximum Gasteiger partial charge on any atom is 0.305 e. The van der Waals surface area contributed by atoms with E-state index < -0.39 is 5.97 Å². The minimum atomic E-state index is -0.901. The molecule has 0 aliphatic rings. The molecule has 0 saturated heterocycles. The Kier molecular flexibility index (Phi) is 4.59. The maximum absolute atomic E-state index is 12.2. The number of carbonyl (C=O) groups excluding carboxylic acids is 1. The molecule has 2 aromatic rings.